The number of carbonyl (C=O) groups excluding carboxylic acids is 2. The van der Waals surface area contributed by atoms with Gasteiger partial charge in [0.1, 0.15) is 5.82 Å². The van der Waals surface area contributed by atoms with E-state index in [4.69, 9.17) is 11.6 Å². The second kappa shape index (κ2) is 9.04. The maximum atomic E-state index is 13.3. The maximum Gasteiger partial charge on any atom is 0.435 e. The second-order valence-corrected chi connectivity index (χ2v) is 7.78. The molecule has 1 heterocycles. The summed E-state index contributed by atoms with van der Waals surface area (Å²) in [5.74, 6) is -1.56. The van der Waals surface area contributed by atoms with E-state index in [9.17, 15) is 22.8 Å². The lowest BCUT2D eigenvalue weighted by Gasteiger charge is -2.15. The van der Waals surface area contributed by atoms with Crippen LogP contribution in [0.3, 0.4) is 0 Å². The number of halogens is 4. The van der Waals surface area contributed by atoms with Crippen LogP contribution in [0.5, 0.6) is 0 Å². The summed E-state index contributed by atoms with van der Waals surface area (Å²) in [4.78, 5) is 25.3. The Balaban J connectivity index is 2.05. The lowest BCUT2D eigenvalue weighted by molar-refractivity contribution is -0.141. The van der Waals surface area contributed by atoms with Gasteiger partial charge in [-0.2, -0.15) is 18.3 Å². The maximum absolute atomic E-state index is 13.3. The molecule has 32 heavy (non-hydrogen) atoms. The molecule has 0 spiro atoms. The zero-order valence-corrected chi connectivity index (χ0v) is 18.2. The van der Waals surface area contributed by atoms with Crippen molar-refractivity contribution in [3.8, 4) is 5.69 Å². The SMILES string of the molecule is Cc1cccc(NC(=O)C(C)C)c1C(=O)Nc1cc(C(F)(F)F)nn1-c1ccccc1Cl. The number of hydrogen-bond donors (Lipinski definition) is 2. The van der Waals surface area contributed by atoms with Gasteiger partial charge in [-0.15, -0.1) is 0 Å². The molecule has 2 aromatic carbocycles. The summed E-state index contributed by atoms with van der Waals surface area (Å²) in [5, 5.41) is 8.91. The molecule has 0 fully saturated rings. The standard InChI is InChI=1S/C22H20ClF3N4O2/c1-12(2)20(31)27-15-9-6-7-13(3)19(15)21(32)28-18-11-17(22(24,25)26)29-30(18)16-10-5-4-8-14(16)23/h4-12H,1-3H3,(H,27,31)(H,28,32). The van der Waals surface area contributed by atoms with Gasteiger partial charge in [0.05, 0.1) is 22.0 Å². The van der Waals surface area contributed by atoms with E-state index in [0.29, 0.717) is 5.56 Å². The number of hydrogen-bond acceptors (Lipinski definition) is 3. The molecule has 2 N–H and O–H groups in total. The lowest BCUT2D eigenvalue weighted by atomic mass is 10.0. The molecule has 2 amide bonds. The molecule has 3 aromatic rings. The van der Waals surface area contributed by atoms with Gasteiger partial charge in [0.25, 0.3) is 5.91 Å². The summed E-state index contributed by atoms with van der Waals surface area (Å²) < 4.78 is 40.9. The van der Waals surface area contributed by atoms with Crippen LogP contribution in [-0.4, -0.2) is 21.6 Å². The number of amides is 2. The Morgan fingerprint density at radius 3 is 2.38 bits per heavy atom. The van der Waals surface area contributed by atoms with Crippen LogP contribution in [0.15, 0.2) is 48.5 Å². The fourth-order valence-corrected chi connectivity index (χ4v) is 3.16. The number of nitrogens with zero attached hydrogens (tertiary/aromatic N) is 2. The summed E-state index contributed by atoms with van der Waals surface area (Å²) in [5.41, 5.74) is -0.115. The molecular weight excluding hydrogens is 445 g/mol. The molecule has 1 aromatic heterocycles. The summed E-state index contributed by atoms with van der Waals surface area (Å²) in [6, 6.07) is 11.8. The third-order valence-corrected chi connectivity index (χ3v) is 4.92. The molecule has 6 nitrogen and oxygen atoms in total. The van der Waals surface area contributed by atoms with Gasteiger partial charge in [0.2, 0.25) is 5.91 Å². The average Bonchev–Trinajstić information content (AvgIpc) is 3.12. The van der Waals surface area contributed by atoms with Crippen LogP contribution in [0.4, 0.5) is 24.7 Å². The predicted molar refractivity (Wildman–Crippen MR) is 116 cm³/mol. The molecule has 0 aliphatic carbocycles. The van der Waals surface area contributed by atoms with Crippen LogP contribution >= 0.6 is 11.6 Å². The molecule has 0 atom stereocenters. The van der Waals surface area contributed by atoms with Gasteiger partial charge in [-0.3, -0.25) is 9.59 Å². The van der Waals surface area contributed by atoms with Gasteiger partial charge in [-0.05, 0) is 30.7 Å². The number of carbonyl (C=O) groups is 2. The normalized spacial score (nSPS) is 11.5. The fraction of sp³-hybridized carbons (Fsp3) is 0.227. The van der Waals surface area contributed by atoms with Crippen LogP contribution in [0.25, 0.3) is 5.69 Å². The van der Waals surface area contributed by atoms with Gasteiger partial charge in [0.15, 0.2) is 5.69 Å². The summed E-state index contributed by atoms with van der Waals surface area (Å²) in [6.07, 6.45) is -4.73. The number of benzene rings is 2. The number of rotatable bonds is 5. The van der Waals surface area contributed by atoms with Crippen molar-refractivity contribution < 1.29 is 22.8 Å². The highest BCUT2D eigenvalue weighted by molar-refractivity contribution is 6.32. The molecule has 0 saturated carbocycles. The van der Waals surface area contributed by atoms with Crippen LogP contribution in [0.2, 0.25) is 5.02 Å². The molecule has 0 aliphatic heterocycles. The van der Waals surface area contributed by atoms with Crippen molar-refractivity contribution in [2.75, 3.05) is 10.6 Å². The van der Waals surface area contributed by atoms with Crippen LogP contribution in [0, 0.1) is 12.8 Å². The Morgan fingerprint density at radius 2 is 1.75 bits per heavy atom. The Kier molecular flexibility index (Phi) is 6.59. The molecule has 0 aliphatic rings. The number of para-hydroxylation sites is 1. The van der Waals surface area contributed by atoms with Crippen LogP contribution in [0.1, 0.15) is 35.5 Å². The van der Waals surface area contributed by atoms with Crippen molar-refractivity contribution in [3.63, 3.8) is 0 Å². The molecule has 0 saturated heterocycles. The second-order valence-electron chi connectivity index (χ2n) is 7.37. The van der Waals surface area contributed by atoms with E-state index in [2.05, 4.69) is 15.7 Å². The topological polar surface area (TPSA) is 76.0 Å². The van der Waals surface area contributed by atoms with Gasteiger partial charge >= 0.3 is 6.18 Å². The average molecular weight is 465 g/mol. The first kappa shape index (κ1) is 23.3. The summed E-state index contributed by atoms with van der Waals surface area (Å²) >= 11 is 6.14. The van der Waals surface area contributed by atoms with Crippen molar-refractivity contribution in [2.24, 2.45) is 5.92 Å². The Labute approximate surface area is 187 Å². The molecule has 0 bridgehead atoms. The largest absolute Gasteiger partial charge is 0.435 e. The van der Waals surface area contributed by atoms with Gasteiger partial charge in [-0.1, -0.05) is 49.7 Å². The third kappa shape index (κ3) is 4.94. The monoisotopic (exact) mass is 464 g/mol. The van der Waals surface area contributed by atoms with Crippen molar-refractivity contribution in [2.45, 2.75) is 26.9 Å². The zero-order chi connectivity index (χ0) is 23.6. The van der Waals surface area contributed by atoms with Crippen molar-refractivity contribution in [3.05, 3.63) is 70.4 Å². The van der Waals surface area contributed by atoms with Crippen LogP contribution in [-0.2, 0) is 11.0 Å². The zero-order valence-electron chi connectivity index (χ0n) is 17.4. The summed E-state index contributed by atoms with van der Waals surface area (Å²) in [7, 11) is 0. The Morgan fingerprint density at radius 1 is 1.06 bits per heavy atom. The summed E-state index contributed by atoms with van der Waals surface area (Å²) in [6.45, 7) is 5.06. The minimum Gasteiger partial charge on any atom is -0.325 e. The van der Waals surface area contributed by atoms with Crippen molar-refractivity contribution >= 4 is 34.9 Å². The van der Waals surface area contributed by atoms with E-state index in [0.717, 1.165) is 10.7 Å². The third-order valence-electron chi connectivity index (χ3n) is 4.60. The lowest BCUT2D eigenvalue weighted by Crippen LogP contribution is -2.22. The van der Waals surface area contributed by atoms with Gasteiger partial charge in [-0.25, -0.2) is 4.68 Å². The van der Waals surface area contributed by atoms with E-state index < -0.39 is 17.8 Å². The Bertz CT molecular complexity index is 1170. The molecular formula is C22H20ClF3N4O2. The molecule has 0 unspecified atom stereocenters. The fourth-order valence-electron chi connectivity index (χ4n) is 2.95. The number of alkyl halides is 3. The van der Waals surface area contributed by atoms with E-state index in [1.165, 1.54) is 12.1 Å². The smallest absolute Gasteiger partial charge is 0.325 e. The first-order valence-electron chi connectivity index (χ1n) is 9.63. The molecule has 168 valence electrons. The quantitative estimate of drug-likeness (QED) is 0.508. The van der Waals surface area contributed by atoms with Gasteiger partial charge in [0, 0.05) is 12.0 Å². The Hall–Kier alpha value is -3.33. The first-order chi connectivity index (χ1) is 15.0. The minimum absolute atomic E-state index is 0.127. The number of nitrogens with one attached hydrogen (secondary N) is 2. The highest BCUT2D eigenvalue weighted by Crippen LogP contribution is 2.33. The molecule has 3 rings (SSSR count). The molecule has 10 heteroatoms. The molecule has 0 radical (unpaired) electrons. The van der Waals surface area contributed by atoms with Gasteiger partial charge < -0.3 is 10.6 Å². The van der Waals surface area contributed by atoms with Crippen molar-refractivity contribution in [1.29, 1.82) is 0 Å². The van der Waals surface area contributed by atoms with E-state index >= 15 is 0 Å². The van der Waals surface area contributed by atoms with Crippen molar-refractivity contribution in [1.82, 2.24) is 9.78 Å². The highest BCUT2D eigenvalue weighted by Gasteiger charge is 2.35. The van der Waals surface area contributed by atoms with E-state index in [1.54, 1.807) is 51.1 Å². The number of aromatic nitrogens is 2. The number of aryl methyl sites for hydroxylation is 1. The highest BCUT2D eigenvalue weighted by atomic mass is 35.5. The van der Waals surface area contributed by atoms with Crippen LogP contribution < -0.4 is 10.6 Å². The first-order valence-corrected chi connectivity index (χ1v) is 10.0. The number of anilines is 2. The van der Waals surface area contributed by atoms with E-state index in [-0.39, 0.29) is 39.6 Å². The predicted octanol–water partition coefficient (Wildman–Crippen LogP) is 5.70. The van der Waals surface area contributed by atoms with E-state index in [1.807, 2.05) is 0 Å². The minimum atomic E-state index is -4.73.